The first kappa shape index (κ1) is 20.9. The first-order valence-corrected chi connectivity index (χ1v) is 8.62. The maximum absolute atomic E-state index is 12.1. The van der Waals surface area contributed by atoms with Crippen molar-refractivity contribution in [2.45, 2.75) is 6.92 Å². The Hall–Kier alpha value is -3.39. The summed E-state index contributed by atoms with van der Waals surface area (Å²) in [7, 11) is 0. The summed E-state index contributed by atoms with van der Waals surface area (Å²) in [5.41, 5.74) is 2.69. The van der Waals surface area contributed by atoms with E-state index in [0.717, 1.165) is 6.07 Å². The molecule has 0 saturated heterocycles. The quantitative estimate of drug-likeness (QED) is 0.295. The van der Waals surface area contributed by atoms with E-state index in [1.807, 2.05) is 6.92 Å². The minimum atomic E-state index is -0.659. The second-order valence-electron chi connectivity index (χ2n) is 5.36. The van der Waals surface area contributed by atoms with Crippen molar-refractivity contribution < 1.29 is 19.2 Å². The average Bonchev–Trinajstić information content (AvgIpc) is 2.67. The highest BCUT2D eigenvalue weighted by atomic mass is 35.5. The van der Waals surface area contributed by atoms with Gasteiger partial charge in [0.15, 0.2) is 11.5 Å². The molecule has 2 aromatic carbocycles. The van der Waals surface area contributed by atoms with E-state index < -0.39 is 10.8 Å². The number of nitrogens with zero attached hydrogens (tertiary/aromatic N) is 2. The molecule has 28 heavy (non-hydrogen) atoms. The van der Waals surface area contributed by atoms with Gasteiger partial charge in [0.25, 0.3) is 11.6 Å². The summed E-state index contributed by atoms with van der Waals surface area (Å²) >= 11 is 5.73. The molecule has 0 radical (unpaired) electrons. The van der Waals surface area contributed by atoms with Gasteiger partial charge in [0.1, 0.15) is 11.6 Å². The third-order valence-electron chi connectivity index (χ3n) is 3.41. The predicted octanol–water partition coefficient (Wildman–Crippen LogP) is 3.98. The van der Waals surface area contributed by atoms with Crippen LogP contribution in [0.4, 0.5) is 5.69 Å². The number of carbonyl (C=O) groups excluding carboxylic acids is 1. The van der Waals surface area contributed by atoms with Crippen molar-refractivity contribution in [1.29, 1.82) is 0 Å². The van der Waals surface area contributed by atoms with Gasteiger partial charge in [0.05, 0.1) is 17.7 Å². The molecule has 0 aliphatic heterocycles. The molecule has 0 aromatic heterocycles. The molecule has 0 aliphatic rings. The lowest BCUT2D eigenvalue weighted by Crippen LogP contribution is -2.17. The number of hydrazone groups is 1. The Morgan fingerprint density at radius 1 is 1.29 bits per heavy atom. The molecule has 0 heterocycles. The summed E-state index contributed by atoms with van der Waals surface area (Å²) < 4.78 is 11.0. The summed E-state index contributed by atoms with van der Waals surface area (Å²) in [6, 6.07) is 8.93. The fourth-order valence-electron chi connectivity index (χ4n) is 2.17. The lowest BCUT2D eigenvalue weighted by Gasteiger charge is -2.11. The lowest BCUT2D eigenvalue weighted by molar-refractivity contribution is -0.384. The Labute approximate surface area is 166 Å². The van der Waals surface area contributed by atoms with Gasteiger partial charge in [0, 0.05) is 11.6 Å². The number of carbonyl (C=O) groups is 1. The Morgan fingerprint density at radius 3 is 2.75 bits per heavy atom. The number of ether oxygens (including phenoxy) is 2. The Kier molecular flexibility index (Phi) is 7.53. The second-order valence-corrected chi connectivity index (χ2v) is 5.77. The van der Waals surface area contributed by atoms with Crippen molar-refractivity contribution in [3.63, 3.8) is 0 Å². The van der Waals surface area contributed by atoms with E-state index in [-0.39, 0.29) is 16.3 Å². The van der Waals surface area contributed by atoms with Crippen LogP contribution in [-0.4, -0.2) is 30.3 Å². The zero-order valence-electron chi connectivity index (χ0n) is 15.1. The molecule has 0 fully saturated rings. The van der Waals surface area contributed by atoms with Crippen molar-refractivity contribution in [3.8, 4) is 11.5 Å². The molecule has 0 atom stereocenters. The first-order valence-electron chi connectivity index (χ1n) is 8.24. The molecule has 0 unspecified atom stereocenters. The van der Waals surface area contributed by atoms with Crippen molar-refractivity contribution in [2.24, 2.45) is 5.10 Å². The monoisotopic (exact) mass is 403 g/mol. The van der Waals surface area contributed by atoms with Gasteiger partial charge in [-0.05, 0) is 42.8 Å². The fraction of sp³-hybridized carbons (Fsp3) is 0.158. The van der Waals surface area contributed by atoms with Gasteiger partial charge in [0.2, 0.25) is 0 Å². The normalized spacial score (nSPS) is 10.5. The fourth-order valence-corrected chi connectivity index (χ4v) is 2.35. The zero-order valence-corrected chi connectivity index (χ0v) is 15.8. The number of rotatable bonds is 9. The molecule has 0 bridgehead atoms. The minimum absolute atomic E-state index is 0.0488. The van der Waals surface area contributed by atoms with E-state index in [9.17, 15) is 14.9 Å². The standard InChI is InChI=1S/C19H18ClN3O5/c1-3-9-28-17-8-5-13(10-18(17)27-4-2)12-21-22-19(24)14-6-7-15(20)16(11-14)23(25)26/h3,5-8,10-12H,1,4,9H2,2H3,(H,22,24)/b21-12-. The first-order chi connectivity index (χ1) is 13.5. The molecule has 0 aliphatic carbocycles. The summed E-state index contributed by atoms with van der Waals surface area (Å²) in [5, 5.41) is 14.7. The average molecular weight is 404 g/mol. The number of nitro benzene ring substituents is 1. The number of nitro groups is 1. The summed E-state index contributed by atoms with van der Waals surface area (Å²) in [6.07, 6.45) is 3.05. The van der Waals surface area contributed by atoms with Gasteiger partial charge in [-0.1, -0.05) is 24.3 Å². The van der Waals surface area contributed by atoms with E-state index in [4.69, 9.17) is 21.1 Å². The van der Waals surface area contributed by atoms with E-state index in [0.29, 0.717) is 30.3 Å². The highest BCUT2D eigenvalue weighted by molar-refractivity contribution is 6.32. The van der Waals surface area contributed by atoms with Crippen LogP contribution in [0.3, 0.4) is 0 Å². The molecule has 0 saturated carbocycles. The zero-order chi connectivity index (χ0) is 20.5. The Bertz CT molecular complexity index is 914. The van der Waals surface area contributed by atoms with Crippen LogP contribution in [0.25, 0.3) is 0 Å². The number of hydrogen-bond acceptors (Lipinski definition) is 6. The number of nitrogens with one attached hydrogen (secondary N) is 1. The van der Waals surface area contributed by atoms with Crippen LogP contribution in [0.1, 0.15) is 22.8 Å². The van der Waals surface area contributed by atoms with E-state index in [1.54, 1.807) is 24.3 Å². The Morgan fingerprint density at radius 2 is 2.07 bits per heavy atom. The van der Waals surface area contributed by atoms with Crippen LogP contribution in [0.5, 0.6) is 11.5 Å². The van der Waals surface area contributed by atoms with Gasteiger partial charge in [-0.15, -0.1) is 0 Å². The molecular weight excluding hydrogens is 386 g/mol. The van der Waals surface area contributed by atoms with E-state index in [2.05, 4.69) is 17.1 Å². The number of hydrogen-bond donors (Lipinski definition) is 1. The molecule has 0 spiro atoms. The summed E-state index contributed by atoms with van der Waals surface area (Å²) in [4.78, 5) is 22.4. The van der Waals surface area contributed by atoms with Crippen LogP contribution >= 0.6 is 11.6 Å². The van der Waals surface area contributed by atoms with Crippen LogP contribution in [0.2, 0.25) is 5.02 Å². The smallest absolute Gasteiger partial charge is 0.288 e. The van der Waals surface area contributed by atoms with Crippen LogP contribution < -0.4 is 14.9 Å². The third-order valence-corrected chi connectivity index (χ3v) is 3.73. The largest absolute Gasteiger partial charge is 0.490 e. The summed E-state index contributed by atoms with van der Waals surface area (Å²) in [6.45, 7) is 6.25. The second kappa shape index (κ2) is 10.1. The molecule has 1 N–H and O–H groups in total. The van der Waals surface area contributed by atoms with Crippen LogP contribution in [0, 0.1) is 10.1 Å². The molecule has 2 rings (SSSR count). The molecule has 146 valence electrons. The summed E-state index contributed by atoms with van der Waals surface area (Å²) in [5.74, 6) is 0.497. The van der Waals surface area contributed by atoms with Crippen molar-refractivity contribution >= 4 is 29.4 Å². The van der Waals surface area contributed by atoms with Gasteiger partial charge in [-0.2, -0.15) is 5.10 Å². The lowest BCUT2D eigenvalue weighted by atomic mass is 10.2. The molecular formula is C19H18ClN3O5. The van der Waals surface area contributed by atoms with E-state index >= 15 is 0 Å². The minimum Gasteiger partial charge on any atom is -0.490 e. The molecule has 1 amide bonds. The van der Waals surface area contributed by atoms with Gasteiger partial charge in [-0.3, -0.25) is 14.9 Å². The van der Waals surface area contributed by atoms with Crippen LogP contribution in [-0.2, 0) is 0 Å². The van der Waals surface area contributed by atoms with Crippen molar-refractivity contribution in [2.75, 3.05) is 13.2 Å². The molecule has 9 heteroatoms. The van der Waals surface area contributed by atoms with Gasteiger partial charge in [-0.25, -0.2) is 5.43 Å². The topological polar surface area (TPSA) is 103 Å². The molecule has 8 nitrogen and oxygen atoms in total. The predicted molar refractivity (Wildman–Crippen MR) is 106 cm³/mol. The van der Waals surface area contributed by atoms with Gasteiger partial charge >= 0.3 is 0 Å². The van der Waals surface area contributed by atoms with Crippen molar-refractivity contribution in [3.05, 3.63) is 75.3 Å². The number of amides is 1. The van der Waals surface area contributed by atoms with E-state index in [1.165, 1.54) is 18.3 Å². The number of benzene rings is 2. The maximum atomic E-state index is 12.1. The maximum Gasteiger partial charge on any atom is 0.288 e. The highest BCUT2D eigenvalue weighted by Crippen LogP contribution is 2.28. The van der Waals surface area contributed by atoms with Crippen LogP contribution in [0.15, 0.2) is 54.2 Å². The number of halogens is 1. The third kappa shape index (κ3) is 5.55. The van der Waals surface area contributed by atoms with Gasteiger partial charge < -0.3 is 9.47 Å². The SMILES string of the molecule is C=CCOc1ccc(/C=N\NC(=O)c2ccc(Cl)c([N+](=O)[O-])c2)cc1OCC. The van der Waals surface area contributed by atoms with Crippen molar-refractivity contribution in [1.82, 2.24) is 5.43 Å². The molecule has 2 aromatic rings. The Balaban J connectivity index is 2.10. The highest BCUT2D eigenvalue weighted by Gasteiger charge is 2.16.